The summed E-state index contributed by atoms with van der Waals surface area (Å²) >= 11 is 5.86. The maximum atomic E-state index is 12.0. The first-order valence-electron chi connectivity index (χ1n) is 5.70. The highest BCUT2D eigenvalue weighted by molar-refractivity contribution is 6.30. The van der Waals surface area contributed by atoms with Crippen LogP contribution in [0.25, 0.3) is 0 Å². The van der Waals surface area contributed by atoms with E-state index in [9.17, 15) is 4.79 Å². The summed E-state index contributed by atoms with van der Waals surface area (Å²) in [5.41, 5.74) is 0.730. The molecule has 0 aromatic heterocycles. The Hall–Kier alpha value is -1.26. The van der Waals surface area contributed by atoms with Crippen molar-refractivity contribution >= 4 is 23.3 Å². The molecule has 1 fully saturated rings. The fourth-order valence-corrected chi connectivity index (χ4v) is 2.08. The summed E-state index contributed by atoms with van der Waals surface area (Å²) in [7, 11) is 0. The normalized spacial score (nSPS) is 20.1. The zero-order chi connectivity index (χ0) is 12.3. The molecular weight excluding hydrogens is 238 g/mol. The van der Waals surface area contributed by atoms with Crippen molar-refractivity contribution in [1.82, 2.24) is 10.2 Å². The van der Waals surface area contributed by atoms with Crippen LogP contribution in [0, 0.1) is 0 Å². The second-order valence-electron chi connectivity index (χ2n) is 4.24. The fraction of sp³-hybridized carbons (Fsp3) is 0.417. The van der Waals surface area contributed by atoms with Crippen molar-refractivity contribution in [2.24, 2.45) is 0 Å². The van der Waals surface area contributed by atoms with Crippen LogP contribution in [0.4, 0.5) is 10.5 Å². The van der Waals surface area contributed by atoms with Gasteiger partial charge >= 0.3 is 6.03 Å². The van der Waals surface area contributed by atoms with Crippen molar-refractivity contribution in [2.75, 3.05) is 25.0 Å². The van der Waals surface area contributed by atoms with E-state index in [2.05, 4.69) is 17.6 Å². The van der Waals surface area contributed by atoms with Crippen molar-refractivity contribution in [3.05, 3.63) is 29.3 Å². The van der Waals surface area contributed by atoms with Gasteiger partial charge in [0.25, 0.3) is 0 Å². The van der Waals surface area contributed by atoms with Gasteiger partial charge in [-0.05, 0) is 25.1 Å². The van der Waals surface area contributed by atoms with E-state index in [4.69, 9.17) is 11.6 Å². The molecule has 0 aliphatic carbocycles. The Morgan fingerprint density at radius 1 is 1.59 bits per heavy atom. The maximum Gasteiger partial charge on any atom is 0.321 e. The van der Waals surface area contributed by atoms with E-state index in [0.29, 0.717) is 11.1 Å². The second-order valence-corrected chi connectivity index (χ2v) is 4.68. The van der Waals surface area contributed by atoms with Crippen LogP contribution in [-0.4, -0.2) is 36.6 Å². The SMILES string of the molecule is CC1CN(C(=O)Nc2cccc(Cl)c2)CCN1. The average Bonchev–Trinajstić information content (AvgIpc) is 2.29. The summed E-state index contributed by atoms with van der Waals surface area (Å²) in [6, 6.07) is 7.44. The van der Waals surface area contributed by atoms with Crippen molar-refractivity contribution in [3.8, 4) is 0 Å². The number of hydrogen-bond acceptors (Lipinski definition) is 2. The molecule has 92 valence electrons. The minimum atomic E-state index is -0.0689. The van der Waals surface area contributed by atoms with Crippen LogP contribution in [0.3, 0.4) is 0 Å². The van der Waals surface area contributed by atoms with Crippen molar-refractivity contribution < 1.29 is 4.79 Å². The smallest absolute Gasteiger partial charge is 0.321 e. The Morgan fingerprint density at radius 2 is 2.41 bits per heavy atom. The first kappa shape index (κ1) is 12.2. The van der Waals surface area contributed by atoms with Crippen LogP contribution in [0.5, 0.6) is 0 Å². The van der Waals surface area contributed by atoms with Crippen LogP contribution in [0.15, 0.2) is 24.3 Å². The predicted molar refractivity (Wildman–Crippen MR) is 69.5 cm³/mol. The molecule has 1 aliphatic heterocycles. The number of halogens is 1. The van der Waals surface area contributed by atoms with Gasteiger partial charge in [-0.2, -0.15) is 0 Å². The number of nitrogens with zero attached hydrogens (tertiary/aromatic N) is 1. The summed E-state index contributed by atoms with van der Waals surface area (Å²) in [4.78, 5) is 13.8. The molecule has 0 spiro atoms. The van der Waals surface area contributed by atoms with Crippen LogP contribution in [0.2, 0.25) is 5.02 Å². The molecule has 1 aliphatic rings. The van der Waals surface area contributed by atoms with Crippen LogP contribution >= 0.6 is 11.6 Å². The van der Waals surface area contributed by atoms with E-state index in [0.717, 1.165) is 25.3 Å². The van der Waals surface area contributed by atoms with Gasteiger partial charge in [-0.1, -0.05) is 17.7 Å². The number of carbonyl (C=O) groups excluding carboxylic acids is 1. The summed E-state index contributed by atoms with van der Waals surface area (Å²) in [5, 5.41) is 6.77. The molecule has 4 nitrogen and oxygen atoms in total. The lowest BCUT2D eigenvalue weighted by molar-refractivity contribution is 0.192. The molecule has 1 heterocycles. The van der Waals surface area contributed by atoms with Crippen molar-refractivity contribution in [2.45, 2.75) is 13.0 Å². The highest BCUT2D eigenvalue weighted by Gasteiger charge is 2.20. The van der Waals surface area contributed by atoms with Crippen LogP contribution in [0.1, 0.15) is 6.92 Å². The second kappa shape index (κ2) is 5.38. The topological polar surface area (TPSA) is 44.4 Å². The molecule has 17 heavy (non-hydrogen) atoms. The van der Waals surface area contributed by atoms with Gasteiger partial charge < -0.3 is 15.5 Å². The van der Waals surface area contributed by atoms with Crippen LogP contribution < -0.4 is 10.6 Å². The van der Waals surface area contributed by atoms with Gasteiger partial charge in [0, 0.05) is 36.4 Å². The van der Waals surface area contributed by atoms with E-state index >= 15 is 0 Å². The first-order valence-corrected chi connectivity index (χ1v) is 6.08. The molecule has 5 heteroatoms. The summed E-state index contributed by atoms with van der Waals surface area (Å²) in [5.74, 6) is 0. The minimum Gasteiger partial charge on any atom is -0.322 e. The van der Waals surface area contributed by atoms with Gasteiger partial charge in [0.2, 0.25) is 0 Å². The third-order valence-electron chi connectivity index (χ3n) is 2.73. The molecule has 1 unspecified atom stereocenters. The lowest BCUT2D eigenvalue weighted by atomic mass is 10.2. The minimum absolute atomic E-state index is 0.0689. The highest BCUT2D eigenvalue weighted by Crippen LogP contribution is 2.15. The van der Waals surface area contributed by atoms with Crippen LogP contribution in [-0.2, 0) is 0 Å². The number of piperazine rings is 1. The van der Waals surface area contributed by atoms with E-state index < -0.39 is 0 Å². The van der Waals surface area contributed by atoms with Gasteiger partial charge in [-0.25, -0.2) is 4.79 Å². The molecule has 2 N–H and O–H groups in total. The number of rotatable bonds is 1. The summed E-state index contributed by atoms with van der Waals surface area (Å²) in [6.45, 7) is 4.37. The molecule has 1 atom stereocenters. The Bertz CT molecular complexity index is 410. The van der Waals surface area contributed by atoms with Crippen molar-refractivity contribution in [3.63, 3.8) is 0 Å². The molecular formula is C12H16ClN3O. The molecule has 0 saturated carbocycles. The quantitative estimate of drug-likeness (QED) is 0.806. The third-order valence-corrected chi connectivity index (χ3v) is 2.97. The average molecular weight is 254 g/mol. The molecule has 0 bridgehead atoms. The van der Waals surface area contributed by atoms with E-state index in [1.165, 1.54) is 0 Å². The number of amides is 2. The number of benzene rings is 1. The number of nitrogens with one attached hydrogen (secondary N) is 2. The molecule has 1 aromatic carbocycles. The molecule has 1 saturated heterocycles. The summed E-state index contributed by atoms with van der Waals surface area (Å²) < 4.78 is 0. The number of carbonyl (C=O) groups is 1. The third kappa shape index (κ3) is 3.35. The highest BCUT2D eigenvalue weighted by atomic mass is 35.5. The van der Waals surface area contributed by atoms with E-state index in [1.54, 1.807) is 12.1 Å². The Kier molecular flexibility index (Phi) is 3.86. The zero-order valence-corrected chi connectivity index (χ0v) is 10.5. The Labute approximate surface area is 106 Å². The van der Waals surface area contributed by atoms with Gasteiger partial charge in [0.1, 0.15) is 0 Å². The molecule has 0 radical (unpaired) electrons. The molecule has 2 rings (SSSR count). The zero-order valence-electron chi connectivity index (χ0n) is 9.74. The number of urea groups is 1. The van der Waals surface area contributed by atoms with Gasteiger partial charge in [0.05, 0.1) is 0 Å². The van der Waals surface area contributed by atoms with Crippen molar-refractivity contribution in [1.29, 1.82) is 0 Å². The van der Waals surface area contributed by atoms with Gasteiger partial charge in [0.15, 0.2) is 0 Å². The Morgan fingerprint density at radius 3 is 3.12 bits per heavy atom. The summed E-state index contributed by atoms with van der Waals surface area (Å²) in [6.07, 6.45) is 0. The Balaban J connectivity index is 1.96. The van der Waals surface area contributed by atoms with Gasteiger partial charge in [-0.3, -0.25) is 0 Å². The number of hydrogen-bond donors (Lipinski definition) is 2. The maximum absolute atomic E-state index is 12.0. The number of anilines is 1. The fourth-order valence-electron chi connectivity index (χ4n) is 1.89. The van der Waals surface area contributed by atoms with Gasteiger partial charge in [-0.15, -0.1) is 0 Å². The molecule has 2 amide bonds. The van der Waals surface area contributed by atoms with E-state index in [1.807, 2.05) is 17.0 Å². The van der Waals surface area contributed by atoms with E-state index in [-0.39, 0.29) is 6.03 Å². The largest absolute Gasteiger partial charge is 0.322 e. The predicted octanol–water partition coefficient (Wildman–Crippen LogP) is 2.17. The standard InChI is InChI=1S/C12H16ClN3O/c1-9-8-16(6-5-14-9)12(17)15-11-4-2-3-10(13)7-11/h2-4,7,9,14H,5-6,8H2,1H3,(H,15,17). The lowest BCUT2D eigenvalue weighted by Gasteiger charge is -2.31. The monoisotopic (exact) mass is 253 g/mol. The molecule has 1 aromatic rings. The first-order chi connectivity index (χ1) is 8.15. The lowest BCUT2D eigenvalue weighted by Crippen LogP contribution is -2.52.